The van der Waals surface area contributed by atoms with Gasteiger partial charge in [0, 0.05) is 11.4 Å². The number of nitriles is 1. The fourth-order valence-corrected chi connectivity index (χ4v) is 3.95. The van der Waals surface area contributed by atoms with Crippen LogP contribution in [-0.4, -0.2) is 27.2 Å². The highest BCUT2D eigenvalue weighted by Gasteiger charge is 2.21. The summed E-state index contributed by atoms with van der Waals surface area (Å²) in [6.07, 6.45) is 2.85. The maximum absolute atomic E-state index is 12.5. The Morgan fingerprint density at radius 1 is 1.37 bits per heavy atom. The van der Waals surface area contributed by atoms with E-state index in [0.29, 0.717) is 16.3 Å². The number of hydrogen-bond donors (Lipinski definition) is 2. The van der Waals surface area contributed by atoms with Crippen LogP contribution in [0.2, 0.25) is 5.02 Å². The molecule has 0 aliphatic heterocycles. The number of carbonyl (C=O) groups excluding carboxylic acids is 1. The Morgan fingerprint density at radius 2 is 2.15 bits per heavy atom. The van der Waals surface area contributed by atoms with Gasteiger partial charge < -0.3 is 10.4 Å². The average molecular weight is 402 g/mol. The highest BCUT2D eigenvalue weighted by Crippen LogP contribution is 2.30. The number of amides is 1. The van der Waals surface area contributed by atoms with Gasteiger partial charge in [-0.25, -0.2) is 9.78 Å². The van der Waals surface area contributed by atoms with Crippen molar-refractivity contribution in [2.75, 3.05) is 5.32 Å². The van der Waals surface area contributed by atoms with Crippen molar-refractivity contribution in [1.82, 2.24) is 4.98 Å². The largest absolute Gasteiger partial charge is 0.478 e. The molecule has 0 saturated heterocycles. The number of aromatic carboxylic acids is 1. The van der Waals surface area contributed by atoms with E-state index in [1.807, 2.05) is 6.07 Å². The van der Waals surface area contributed by atoms with Gasteiger partial charge >= 0.3 is 5.97 Å². The number of halogens is 1. The van der Waals surface area contributed by atoms with Crippen molar-refractivity contribution in [3.8, 4) is 6.07 Å². The molecule has 0 bridgehead atoms. The lowest BCUT2D eigenvalue weighted by Gasteiger charge is -2.14. The Hall–Kier alpha value is -2.56. The number of nitrogens with one attached hydrogen (secondary N) is 1. The molecule has 27 heavy (non-hydrogen) atoms. The summed E-state index contributed by atoms with van der Waals surface area (Å²) in [5.74, 6) is -1.48. The van der Waals surface area contributed by atoms with Gasteiger partial charge in [0.05, 0.1) is 21.4 Å². The van der Waals surface area contributed by atoms with E-state index in [1.54, 1.807) is 13.0 Å². The standard InChI is InChI=1S/C19H16ClN3O3S/c1-10(17(24)22-13-5-6-15(20)14(8-13)19(25)26)27-18-12(9-21)7-11-3-2-4-16(11)23-18/h5-8,10H,2-4H2,1H3,(H,22,24)(H,25,26). The molecule has 2 N–H and O–H groups in total. The first-order valence-electron chi connectivity index (χ1n) is 8.32. The number of carbonyl (C=O) groups is 2. The van der Waals surface area contributed by atoms with Gasteiger partial charge in [-0.15, -0.1) is 0 Å². The Morgan fingerprint density at radius 3 is 2.85 bits per heavy atom. The van der Waals surface area contributed by atoms with E-state index in [-0.39, 0.29) is 16.5 Å². The van der Waals surface area contributed by atoms with Crippen LogP contribution >= 0.6 is 23.4 Å². The molecule has 0 saturated carbocycles. The number of pyridine rings is 1. The zero-order chi connectivity index (χ0) is 19.6. The Balaban J connectivity index is 1.75. The first-order valence-corrected chi connectivity index (χ1v) is 9.58. The number of anilines is 1. The molecule has 2 aromatic rings. The summed E-state index contributed by atoms with van der Waals surface area (Å²) >= 11 is 7.05. The van der Waals surface area contributed by atoms with Gasteiger partial charge in [-0.2, -0.15) is 5.26 Å². The second kappa shape index (κ2) is 7.99. The first-order chi connectivity index (χ1) is 12.9. The molecule has 1 aliphatic rings. The van der Waals surface area contributed by atoms with Crippen LogP contribution in [0.4, 0.5) is 5.69 Å². The van der Waals surface area contributed by atoms with Crippen molar-refractivity contribution in [3.63, 3.8) is 0 Å². The molecule has 8 heteroatoms. The lowest BCUT2D eigenvalue weighted by atomic mass is 10.2. The normalized spacial score (nSPS) is 13.5. The minimum Gasteiger partial charge on any atom is -0.478 e. The second-order valence-corrected chi connectivity index (χ2v) is 7.90. The lowest BCUT2D eigenvalue weighted by molar-refractivity contribution is -0.115. The third-order valence-electron chi connectivity index (χ3n) is 4.26. The molecule has 0 fully saturated rings. The number of carboxylic acids is 1. The molecule has 0 spiro atoms. The Bertz CT molecular complexity index is 971. The van der Waals surface area contributed by atoms with Crippen molar-refractivity contribution in [2.24, 2.45) is 0 Å². The molecule has 6 nitrogen and oxygen atoms in total. The summed E-state index contributed by atoms with van der Waals surface area (Å²) in [5, 5.41) is 21.3. The summed E-state index contributed by atoms with van der Waals surface area (Å²) in [4.78, 5) is 28.2. The van der Waals surface area contributed by atoms with Crippen molar-refractivity contribution >= 4 is 40.9 Å². The summed E-state index contributed by atoms with van der Waals surface area (Å²) in [7, 11) is 0. The summed E-state index contributed by atoms with van der Waals surface area (Å²) in [6.45, 7) is 1.71. The molecule has 0 radical (unpaired) electrons. The van der Waals surface area contributed by atoms with Crippen molar-refractivity contribution in [2.45, 2.75) is 36.5 Å². The van der Waals surface area contributed by atoms with Gasteiger partial charge in [-0.05, 0) is 56.0 Å². The number of aromatic nitrogens is 1. The number of thioether (sulfide) groups is 1. The van der Waals surface area contributed by atoms with Crippen LogP contribution < -0.4 is 5.32 Å². The smallest absolute Gasteiger partial charge is 0.337 e. The third-order valence-corrected chi connectivity index (χ3v) is 5.69. The van der Waals surface area contributed by atoms with E-state index < -0.39 is 11.2 Å². The van der Waals surface area contributed by atoms with Crippen molar-refractivity contribution < 1.29 is 14.7 Å². The molecule has 1 aromatic carbocycles. The second-order valence-electron chi connectivity index (χ2n) is 6.16. The van der Waals surface area contributed by atoms with E-state index in [9.17, 15) is 14.9 Å². The maximum atomic E-state index is 12.5. The number of nitrogens with zero attached hydrogens (tertiary/aromatic N) is 2. The van der Waals surface area contributed by atoms with E-state index in [0.717, 1.165) is 30.5 Å². The fourth-order valence-electron chi connectivity index (χ4n) is 2.85. The molecule has 138 valence electrons. The predicted octanol–water partition coefficient (Wildman–Crippen LogP) is 3.91. The number of carboxylic acid groups (broad SMARTS) is 1. The zero-order valence-electron chi connectivity index (χ0n) is 14.5. The third kappa shape index (κ3) is 4.24. The van der Waals surface area contributed by atoms with Crippen LogP contribution in [0.1, 0.15) is 40.5 Å². The highest BCUT2D eigenvalue weighted by atomic mass is 35.5. The van der Waals surface area contributed by atoms with Gasteiger partial charge in [0.1, 0.15) is 11.1 Å². The van der Waals surface area contributed by atoms with E-state index in [4.69, 9.17) is 16.7 Å². The van der Waals surface area contributed by atoms with Crippen LogP contribution in [0, 0.1) is 11.3 Å². The van der Waals surface area contributed by atoms with Gasteiger partial charge in [0.15, 0.2) is 0 Å². The van der Waals surface area contributed by atoms with Crippen LogP contribution in [0.5, 0.6) is 0 Å². The van der Waals surface area contributed by atoms with Crippen LogP contribution in [0.25, 0.3) is 0 Å². The van der Waals surface area contributed by atoms with E-state index in [1.165, 1.54) is 23.9 Å². The minimum absolute atomic E-state index is 0.0816. The minimum atomic E-state index is -1.17. The highest BCUT2D eigenvalue weighted by molar-refractivity contribution is 8.00. The van der Waals surface area contributed by atoms with E-state index >= 15 is 0 Å². The summed E-state index contributed by atoms with van der Waals surface area (Å²) < 4.78 is 0. The Labute approximate surface area is 165 Å². The average Bonchev–Trinajstić information content (AvgIpc) is 3.09. The summed E-state index contributed by atoms with van der Waals surface area (Å²) in [5.41, 5.74) is 2.83. The molecule has 1 aliphatic carbocycles. The number of fused-ring (bicyclic) bond motifs is 1. The van der Waals surface area contributed by atoms with E-state index in [2.05, 4.69) is 16.4 Å². The van der Waals surface area contributed by atoms with Crippen LogP contribution in [0.15, 0.2) is 29.3 Å². The van der Waals surface area contributed by atoms with Gasteiger partial charge in [-0.1, -0.05) is 23.4 Å². The summed E-state index contributed by atoms with van der Waals surface area (Å²) in [6, 6.07) is 8.29. The SMILES string of the molecule is CC(Sc1nc2c(cc1C#N)CCC2)C(=O)Nc1ccc(Cl)c(C(=O)O)c1. The quantitative estimate of drug-likeness (QED) is 0.736. The number of rotatable bonds is 5. The molecular weight excluding hydrogens is 386 g/mol. The number of benzene rings is 1. The monoisotopic (exact) mass is 401 g/mol. The number of aryl methyl sites for hydroxylation is 2. The maximum Gasteiger partial charge on any atom is 0.337 e. The number of hydrogen-bond acceptors (Lipinski definition) is 5. The molecule has 1 amide bonds. The van der Waals surface area contributed by atoms with Gasteiger partial charge in [0.2, 0.25) is 5.91 Å². The van der Waals surface area contributed by atoms with Gasteiger partial charge in [0.25, 0.3) is 0 Å². The predicted molar refractivity (Wildman–Crippen MR) is 103 cm³/mol. The van der Waals surface area contributed by atoms with Crippen LogP contribution in [0.3, 0.4) is 0 Å². The van der Waals surface area contributed by atoms with Gasteiger partial charge in [-0.3, -0.25) is 4.79 Å². The molecule has 3 rings (SSSR count). The molecule has 1 heterocycles. The molecular formula is C19H16ClN3O3S. The molecule has 1 atom stereocenters. The van der Waals surface area contributed by atoms with Crippen molar-refractivity contribution in [3.05, 3.63) is 51.7 Å². The lowest BCUT2D eigenvalue weighted by Crippen LogP contribution is -2.23. The fraction of sp³-hybridized carbons (Fsp3) is 0.263. The molecule has 1 unspecified atom stereocenters. The molecule has 1 aromatic heterocycles. The van der Waals surface area contributed by atoms with Crippen molar-refractivity contribution in [1.29, 1.82) is 5.26 Å². The first kappa shape index (κ1) is 19.2. The zero-order valence-corrected chi connectivity index (χ0v) is 16.0. The van der Waals surface area contributed by atoms with Crippen LogP contribution in [-0.2, 0) is 17.6 Å². The Kier molecular flexibility index (Phi) is 5.68. The topological polar surface area (TPSA) is 103 Å².